The molecule has 0 amide bonds. The van der Waals surface area contributed by atoms with Gasteiger partial charge in [-0.3, -0.25) is 4.79 Å². The fraction of sp³-hybridized carbons (Fsp3) is 0.517. The summed E-state index contributed by atoms with van der Waals surface area (Å²) in [6.07, 6.45) is 1.59. The van der Waals surface area contributed by atoms with Crippen LogP contribution in [0, 0.1) is 31.4 Å². The van der Waals surface area contributed by atoms with Crippen molar-refractivity contribution in [2.24, 2.45) is 5.92 Å². The number of allylic oxidation sites excluding steroid dienone is 1. The van der Waals surface area contributed by atoms with Crippen molar-refractivity contribution < 1.29 is 27.4 Å². The van der Waals surface area contributed by atoms with Gasteiger partial charge in [-0.25, -0.2) is 18.2 Å². The molecule has 206 valence electrons. The Morgan fingerprint density at radius 1 is 1.03 bits per heavy atom. The number of benzene rings is 1. The number of alkyl halides is 1. The van der Waals surface area contributed by atoms with E-state index in [2.05, 4.69) is 37.1 Å². The first-order chi connectivity index (χ1) is 16.7. The Kier molecular flexibility index (Phi) is 24.0. The fourth-order valence-corrected chi connectivity index (χ4v) is 2.04. The van der Waals surface area contributed by atoms with Crippen molar-refractivity contribution in [3.63, 3.8) is 0 Å². The van der Waals surface area contributed by atoms with Gasteiger partial charge < -0.3 is 9.47 Å². The van der Waals surface area contributed by atoms with Crippen LogP contribution in [0.2, 0.25) is 0 Å². The zero-order valence-corrected chi connectivity index (χ0v) is 24.0. The average Bonchev–Trinajstić information content (AvgIpc) is 2.73. The van der Waals surface area contributed by atoms with E-state index in [4.69, 9.17) is 4.74 Å². The lowest BCUT2D eigenvalue weighted by Crippen LogP contribution is -2.06. The molecule has 0 aliphatic carbocycles. The molecular formula is C29H46F3NO3. The summed E-state index contributed by atoms with van der Waals surface area (Å²) in [5, 5.41) is 0. The van der Waals surface area contributed by atoms with Gasteiger partial charge in [-0.15, -0.1) is 6.58 Å². The van der Waals surface area contributed by atoms with Gasteiger partial charge in [0.25, 0.3) is 0 Å². The van der Waals surface area contributed by atoms with E-state index in [1.807, 2.05) is 34.6 Å². The number of rotatable bonds is 5. The summed E-state index contributed by atoms with van der Waals surface area (Å²) in [7, 11) is 3.25. The normalized spacial score (nSPS) is 10.1. The Hall–Kier alpha value is -2.67. The molecule has 0 aliphatic rings. The second-order valence-electron chi connectivity index (χ2n) is 8.95. The summed E-state index contributed by atoms with van der Waals surface area (Å²) < 4.78 is 47.3. The van der Waals surface area contributed by atoms with E-state index in [1.54, 1.807) is 20.3 Å². The minimum Gasteiger partial charge on any atom is -0.444 e. The fourth-order valence-electron chi connectivity index (χ4n) is 2.04. The van der Waals surface area contributed by atoms with Crippen molar-refractivity contribution in [3.05, 3.63) is 70.4 Å². The third-order valence-corrected chi connectivity index (χ3v) is 3.45. The second kappa shape index (κ2) is 22.8. The molecule has 1 heterocycles. The number of hydrogen-bond donors (Lipinski definition) is 0. The maximum atomic E-state index is 13.1. The number of halogens is 3. The molecule has 36 heavy (non-hydrogen) atoms. The highest BCUT2D eigenvalue weighted by atomic mass is 19.1. The number of carbonyl (C=O) groups is 1. The Morgan fingerprint density at radius 2 is 1.47 bits per heavy atom. The highest BCUT2D eigenvalue weighted by Gasteiger charge is 2.07. The largest absolute Gasteiger partial charge is 0.444 e. The van der Waals surface area contributed by atoms with Crippen LogP contribution in [0.3, 0.4) is 0 Å². The molecule has 0 spiro atoms. The Morgan fingerprint density at radius 3 is 1.86 bits per heavy atom. The predicted octanol–water partition coefficient (Wildman–Crippen LogP) is 8.63. The summed E-state index contributed by atoms with van der Waals surface area (Å²) in [6.45, 7) is 20.9. The lowest BCUT2D eigenvalue weighted by molar-refractivity contribution is 0.0807. The lowest BCUT2D eigenvalue weighted by Gasteiger charge is -2.07. The van der Waals surface area contributed by atoms with E-state index in [1.165, 1.54) is 24.6 Å². The standard InChI is InChI=1S/C10H13F2NO.C9H9FO.C4H10.C4H8.C2H6O/c1-3-4-8-5-10(14-7(2)11)13-6-9(8)12;1-6-3-8(5-11)9(10)4-7(6)2;2*1-4(2)3;1-3-2/h5-7H,3-4H2,1-2H3;3-5H,1-2H3;4H,1-3H3;1H2,2-3H3;1-2H3. The van der Waals surface area contributed by atoms with Crippen molar-refractivity contribution >= 4 is 6.29 Å². The maximum absolute atomic E-state index is 13.1. The monoisotopic (exact) mass is 513 g/mol. The van der Waals surface area contributed by atoms with Crippen molar-refractivity contribution in [1.29, 1.82) is 0 Å². The van der Waals surface area contributed by atoms with E-state index in [0.29, 0.717) is 18.3 Å². The van der Waals surface area contributed by atoms with Gasteiger partial charge in [0.15, 0.2) is 6.29 Å². The molecule has 1 aromatic carbocycles. The number of aromatic nitrogens is 1. The van der Waals surface area contributed by atoms with Gasteiger partial charge in [-0.1, -0.05) is 39.7 Å². The van der Waals surface area contributed by atoms with Crippen molar-refractivity contribution in [1.82, 2.24) is 4.98 Å². The summed E-state index contributed by atoms with van der Waals surface area (Å²) in [5.41, 5.74) is 3.62. The number of hydrogen-bond acceptors (Lipinski definition) is 4. The first kappa shape index (κ1) is 37.9. The molecule has 1 aromatic heterocycles. The number of ether oxygens (including phenoxy) is 2. The van der Waals surface area contributed by atoms with Gasteiger partial charge in [0.1, 0.15) is 11.6 Å². The summed E-state index contributed by atoms with van der Waals surface area (Å²) in [5.74, 6) is 0.152. The zero-order chi connectivity index (χ0) is 28.8. The predicted molar refractivity (Wildman–Crippen MR) is 145 cm³/mol. The zero-order valence-electron chi connectivity index (χ0n) is 24.0. The summed E-state index contributed by atoms with van der Waals surface area (Å²) >= 11 is 0. The molecule has 2 rings (SSSR count). The highest BCUT2D eigenvalue weighted by molar-refractivity contribution is 5.75. The van der Waals surface area contributed by atoms with Crippen LogP contribution in [0.1, 0.15) is 81.9 Å². The molecule has 0 fully saturated rings. The van der Waals surface area contributed by atoms with Gasteiger partial charge >= 0.3 is 0 Å². The Balaban J connectivity index is -0.000000437. The van der Waals surface area contributed by atoms with Gasteiger partial charge in [-0.2, -0.15) is 0 Å². The van der Waals surface area contributed by atoms with Crippen LogP contribution < -0.4 is 4.74 Å². The molecule has 0 radical (unpaired) electrons. The first-order valence-corrected chi connectivity index (χ1v) is 11.9. The third kappa shape index (κ3) is 23.1. The smallest absolute Gasteiger partial charge is 0.237 e. The Bertz CT molecular complexity index is 862. The van der Waals surface area contributed by atoms with E-state index >= 15 is 0 Å². The van der Waals surface area contributed by atoms with Gasteiger partial charge in [0, 0.05) is 27.2 Å². The summed E-state index contributed by atoms with van der Waals surface area (Å²) in [6, 6.07) is 4.37. The molecule has 1 atom stereocenters. The SMILES string of the molecule is C=C(C)C.CC(C)C.CCCc1cc(OC(C)F)ncc1F.COC.Cc1cc(F)c(C=O)cc1C. The van der Waals surface area contributed by atoms with E-state index in [0.717, 1.165) is 29.7 Å². The van der Waals surface area contributed by atoms with Crippen molar-refractivity contribution in [2.75, 3.05) is 14.2 Å². The van der Waals surface area contributed by atoms with E-state index < -0.39 is 12.2 Å². The third-order valence-electron chi connectivity index (χ3n) is 3.45. The number of carbonyl (C=O) groups excluding carboxylic acids is 1. The molecule has 0 N–H and O–H groups in total. The van der Waals surface area contributed by atoms with Gasteiger partial charge in [0.05, 0.1) is 11.8 Å². The maximum Gasteiger partial charge on any atom is 0.237 e. The molecule has 0 bridgehead atoms. The van der Waals surface area contributed by atoms with E-state index in [-0.39, 0.29) is 17.3 Å². The molecule has 0 saturated carbocycles. The van der Waals surface area contributed by atoms with Gasteiger partial charge in [-0.05, 0) is 68.9 Å². The highest BCUT2D eigenvalue weighted by Crippen LogP contribution is 2.16. The minimum atomic E-state index is -1.43. The summed E-state index contributed by atoms with van der Waals surface area (Å²) in [4.78, 5) is 13.9. The van der Waals surface area contributed by atoms with Crippen molar-refractivity contribution in [2.45, 2.75) is 81.5 Å². The van der Waals surface area contributed by atoms with Crippen LogP contribution >= 0.6 is 0 Å². The van der Waals surface area contributed by atoms with Crippen LogP contribution in [0.25, 0.3) is 0 Å². The average molecular weight is 514 g/mol. The second-order valence-corrected chi connectivity index (χ2v) is 8.95. The van der Waals surface area contributed by atoms with Crippen LogP contribution in [-0.2, 0) is 11.2 Å². The molecule has 0 saturated heterocycles. The number of aryl methyl sites for hydroxylation is 3. The van der Waals surface area contributed by atoms with Crippen LogP contribution in [0.4, 0.5) is 13.2 Å². The van der Waals surface area contributed by atoms with E-state index in [9.17, 15) is 18.0 Å². The molecule has 4 nitrogen and oxygen atoms in total. The number of methoxy groups -OCH3 is 1. The number of nitrogens with zero attached hydrogens (tertiary/aromatic N) is 1. The Labute approximate surface area is 216 Å². The number of pyridine rings is 1. The molecule has 1 unspecified atom stereocenters. The topological polar surface area (TPSA) is 48.4 Å². The van der Waals surface area contributed by atoms with Crippen LogP contribution in [0.15, 0.2) is 36.5 Å². The molecule has 2 aromatic rings. The molecule has 7 heteroatoms. The van der Waals surface area contributed by atoms with Crippen LogP contribution in [0.5, 0.6) is 5.88 Å². The first-order valence-electron chi connectivity index (χ1n) is 11.9. The number of aldehydes is 1. The van der Waals surface area contributed by atoms with Crippen LogP contribution in [-0.4, -0.2) is 31.8 Å². The lowest BCUT2D eigenvalue weighted by atomic mass is 10.1. The minimum absolute atomic E-state index is 0.129. The molecule has 0 aliphatic heterocycles. The van der Waals surface area contributed by atoms with Crippen molar-refractivity contribution in [3.8, 4) is 5.88 Å². The molecular weight excluding hydrogens is 467 g/mol. The quantitative estimate of drug-likeness (QED) is 0.297. The van der Waals surface area contributed by atoms with Gasteiger partial charge in [0.2, 0.25) is 12.2 Å².